The van der Waals surface area contributed by atoms with Crippen molar-refractivity contribution in [2.45, 2.75) is 5.41 Å². The summed E-state index contributed by atoms with van der Waals surface area (Å²) in [6.07, 6.45) is 0. The van der Waals surface area contributed by atoms with Crippen LogP contribution in [0, 0.1) is 0 Å². The van der Waals surface area contributed by atoms with Crippen LogP contribution in [0.3, 0.4) is 0 Å². The van der Waals surface area contributed by atoms with Crippen LogP contribution in [-0.2, 0) is 5.41 Å². The number of hydrogen-bond acceptors (Lipinski definition) is 1. The highest BCUT2D eigenvalue weighted by Crippen LogP contribution is 2.56. The van der Waals surface area contributed by atoms with E-state index in [1.165, 1.54) is 88.3 Å². The molecule has 0 saturated heterocycles. The summed E-state index contributed by atoms with van der Waals surface area (Å²) in [5.74, 6) is 0. The molecule has 11 aromatic carbocycles. The maximum absolute atomic E-state index is 2.45. The van der Waals surface area contributed by atoms with Crippen LogP contribution >= 0.6 is 0 Å². The van der Waals surface area contributed by atoms with Gasteiger partial charge in [0.1, 0.15) is 0 Å². The average molecular weight is 814 g/mol. The molecule has 1 aliphatic carbocycles. The summed E-state index contributed by atoms with van der Waals surface area (Å²) in [6, 6.07) is 95.8. The van der Waals surface area contributed by atoms with Crippen molar-refractivity contribution in [3.05, 3.63) is 283 Å². The van der Waals surface area contributed by atoms with Gasteiger partial charge in [-0.3, -0.25) is 0 Å². The van der Waals surface area contributed by atoms with E-state index in [2.05, 4.69) is 266 Å². The molecule has 0 saturated carbocycles. The predicted molar refractivity (Wildman–Crippen MR) is 270 cm³/mol. The first-order valence-electron chi connectivity index (χ1n) is 22.2. The monoisotopic (exact) mass is 813 g/mol. The maximum Gasteiger partial charge on any atom is 0.0713 e. The van der Waals surface area contributed by atoms with E-state index in [9.17, 15) is 0 Å². The van der Waals surface area contributed by atoms with Gasteiger partial charge in [-0.15, -0.1) is 0 Å². The fourth-order valence-corrected chi connectivity index (χ4v) is 10.3. The van der Waals surface area contributed by atoms with E-state index in [0.29, 0.717) is 0 Å². The minimum atomic E-state index is -0.449. The molecule has 0 heterocycles. The lowest BCUT2D eigenvalue weighted by Crippen LogP contribution is -2.28. The summed E-state index contributed by atoms with van der Waals surface area (Å²) < 4.78 is 0. The predicted octanol–water partition coefficient (Wildman–Crippen LogP) is 16.8. The van der Waals surface area contributed by atoms with Gasteiger partial charge in [0.05, 0.1) is 5.41 Å². The molecule has 0 atom stereocenters. The molecule has 0 radical (unpaired) electrons. The summed E-state index contributed by atoms with van der Waals surface area (Å²) >= 11 is 0. The Hall–Kier alpha value is -8.26. The number of rotatable bonds is 8. The van der Waals surface area contributed by atoms with Crippen molar-refractivity contribution in [2.75, 3.05) is 4.90 Å². The van der Waals surface area contributed by atoms with Gasteiger partial charge in [-0.2, -0.15) is 0 Å². The topological polar surface area (TPSA) is 3.24 Å². The van der Waals surface area contributed by atoms with Gasteiger partial charge in [0.25, 0.3) is 0 Å². The molecule has 1 heteroatoms. The van der Waals surface area contributed by atoms with Crippen LogP contribution in [0.4, 0.5) is 17.1 Å². The Bertz CT molecular complexity index is 3430. The normalized spacial score (nSPS) is 12.5. The molecular formula is C63H43N. The highest BCUT2D eigenvalue weighted by atomic mass is 15.1. The van der Waals surface area contributed by atoms with Crippen LogP contribution in [-0.4, -0.2) is 0 Å². The van der Waals surface area contributed by atoms with Crippen molar-refractivity contribution in [2.24, 2.45) is 0 Å². The summed E-state index contributed by atoms with van der Waals surface area (Å²) in [4.78, 5) is 2.39. The molecule has 1 nitrogen and oxygen atoms in total. The van der Waals surface area contributed by atoms with Crippen LogP contribution in [0.15, 0.2) is 261 Å². The van der Waals surface area contributed by atoms with E-state index in [4.69, 9.17) is 0 Å². The highest BCUT2D eigenvalue weighted by molar-refractivity contribution is 5.97. The smallest absolute Gasteiger partial charge is 0.0713 e. The lowest BCUT2D eigenvalue weighted by atomic mass is 9.67. The fourth-order valence-electron chi connectivity index (χ4n) is 10.3. The lowest BCUT2D eigenvalue weighted by molar-refractivity contribution is 0.769. The van der Waals surface area contributed by atoms with Crippen molar-refractivity contribution >= 4 is 38.6 Å². The van der Waals surface area contributed by atoms with Gasteiger partial charge in [0, 0.05) is 17.1 Å². The number of nitrogens with zero attached hydrogens (tertiary/aromatic N) is 1. The third kappa shape index (κ3) is 6.24. The second kappa shape index (κ2) is 15.6. The van der Waals surface area contributed by atoms with E-state index in [0.717, 1.165) is 17.1 Å². The van der Waals surface area contributed by atoms with Gasteiger partial charge in [0.15, 0.2) is 0 Å². The van der Waals surface area contributed by atoms with Gasteiger partial charge < -0.3 is 4.90 Å². The molecule has 12 rings (SSSR count). The first-order valence-corrected chi connectivity index (χ1v) is 22.2. The molecule has 0 spiro atoms. The van der Waals surface area contributed by atoms with Crippen LogP contribution in [0.1, 0.15) is 22.3 Å². The number of anilines is 3. The number of fused-ring (bicyclic) bond motifs is 5. The van der Waals surface area contributed by atoms with Crippen molar-refractivity contribution in [1.82, 2.24) is 0 Å². The third-order valence-corrected chi connectivity index (χ3v) is 13.3. The minimum absolute atomic E-state index is 0.449. The molecule has 0 N–H and O–H groups in total. The van der Waals surface area contributed by atoms with Crippen LogP contribution in [0.25, 0.3) is 66.1 Å². The van der Waals surface area contributed by atoms with Gasteiger partial charge in [-0.25, -0.2) is 0 Å². The van der Waals surface area contributed by atoms with Crippen LogP contribution < -0.4 is 4.90 Å². The van der Waals surface area contributed by atoms with Gasteiger partial charge in [0.2, 0.25) is 0 Å². The minimum Gasteiger partial charge on any atom is -0.310 e. The summed E-state index contributed by atoms with van der Waals surface area (Å²) in [6.45, 7) is 0. The van der Waals surface area contributed by atoms with Crippen LogP contribution in [0.2, 0.25) is 0 Å². The largest absolute Gasteiger partial charge is 0.310 e. The van der Waals surface area contributed by atoms with E-state index in [-0.39, 0.29) is 0 Å². The maximum atomic E-state index is 2.45. The molecular weight excluding hydrogens is 771 g/mol. The van der Waals surface area contributed by atoms with E-state index in [1.807, 2.05) is 0 Å². The van der Waals surface area contributed by atoms with Gasteiger partial charge in [-0.1, -0.05) is 212 Å². The fraction of sp³-hybridized carbons (Fsp3) is 0.0159. The summed E-state index contributed by atoms with van der Waals surface area (Å²) in [5.41, 5.74) is 17.8. The quantitative estimate of drug-likeness (QED) is 0.148. The Kier molecular flexibility index (Phi) is 9.13. The Labute approximate surface area is 374 Å². The average Bonchev–Trinajstić information content (AvgIpc) is 3.67. The second-order valence-corrected chi connectivity index (χ2v) is 16.9. The van der Waals surface area contributed by atoms with Gasteiger partial charge >= 0.3 is 0 Å². The number of hydrogen-bond donors (Lipinski definition) is 0. The molecule has 0 fully saturated rings. The molecule has 0 unspecified atom stereocenters. The highest BCUT2D eigenvalue weighted by Gasteiger charge is 2.46. The first-order chi connectivity index (χ1) is 31.7. The second-order valence-electron chi connectivity index (χ2n) is 16.9. The van der Waals surface area contributed by atoms with E-state index < -0.39 is 5.41 Å². The first kappa shape index (κ1) is 37.5. The van der Waals surface area contributed by atoms with E-state index in [1.54, 1.807) is 0 Å². The molecule has 11 aromatic rings. The zero-order chi connectivity index (χ0) is 42.5. The van der Waals surface area contributed by atoms with Crippen LogP contribution in [0.5, 0.6) is 0 Å². The van der Waals surface area contributed by atoms with Crippen molar-refractivity contribution in [3.8, 4) is 44.5 Å². The standard InChI is InChI=1S/C63H43N/c1-3-20-52(21-4-1)63(53-22-5-2-6-23-53)61-28-12-11-26-59(61)60-40-35-51(43-62(60)63)45-31-36-54(37-32-45)64(55-38-33-47(34-39-55)58-27-14-18-46-16-9-10-25-57(46)58)56-24-13-19-49(42-56)50-30-29-44-15-7-8-17-48(44)41-50/h1-43H. The zero-order valence-corrected chi connectivity index (χ0v) is 35.3. The van der Waals surface area contributed by atoms with Crippen molar-refractivity contribution in [3.63, 3.8) is 0 Å². The SMILES string of the molecule is c1ccc(C2(c3ccccc3)c3ccccc3-c3ccc(-c4ccc(N(c5ccc(-c6cccc7ccccc67)cc5)c5cccc(-c6ccc7ccccc7c6)c5)cc4)cc32)cc1. The summed E-state index contributed by atoms with van der Waals surface area (Å²) in [7, 11) is 0. The molecule has 0 aromatic heterocycles. The molecule has 64 heavy (non-hydrogen) atoms. The Morgan fingerprint density at radius 2 is 0.766 bits per heavy atom. The summed E-state index contributed by atoms with van der Waals surface area (Å²) in [5, 5.41) is 4.99. The molecule has 0 bridgehead atoms. The van der Waals surface area contributed by atoms with E-state index >= 15 is 0 Å². The Morgan fingerprint density at radius 3 is 1.52 bits per heavy atom. The lowest BCUT2D eigenvalue weighted by Gasteiger charge is -2.34. The molecule has 300 valence electrons. The molecule has 1 aliphatic rings. The van der Waals surface area contributed by atoms with Crippen molar-refractivity contribution in [1.29, 1.82) is 0 Å². The molecule has 0 amide bonds. The Morgan fingerprint density at radius 1 is 0.250 bits per heavy atom. The number of benzene rings is 11. The van der Waals surface area contributed by atoms with Crippen molar-refractivity contribution < 1.29 is 0 Å². The third-order valence-electron chi connectivity index (χ3n) is 13.3. The van der Waals surface area contributed by atoms with Gasteiger partial charge in [-0.05, 0) is 137 Å². The Balaban J connectivity index is 0.970. The zero-order valence-electron chi connectivity index (χ0n) is 35.3. The molecule has 0 aliphatic heterocycles.